The van der Waals surface area contributed by atoms with Crippen LogP contribution in [0.15, 0.2) is 35.6 Å². The number of nitrogens with one attached hydrogen (secondary N) is 1. The highest BCUT2D eigenvalue weighted by Gasteiger charge is 2.14. The second-order valence-corrected chi connectivity index (χ2v) is 3.45. The van der Waals surface area contributed by atoms with E-state index >= 15 is 0 Å². The maximum Gasteiger partial charge on any atom is 0.323 e. The number of ketones is 1. The van der Waals surface area contributed by atoms with E-state index in [0.717, 1.165) is 10.9 Å². The average molecular weight is 230 g/mol. The number of Topliss-reactive ketones (excluding diaryl/α,β-unsaturated/α-hetero) is 1. The van der Waals surface area contributed by atoms with Crippen LogP contribution < -0.4 is 0 Å². The van der Waals surface area contributed by atoms with Gasteiger partial charge in [0.25, 0.3) is 0 Å². The summed E-state index contributed by atoms with van der Waals surface area (Å²) in [5, 5.41) is 4.37. The molecule has 0 saturated carbocycles. The third-order valence-corrected chi connectivity index (χ3v) is 2.36. The number of hydrogen-bond donors (Lipinski definition) is 1. The van der Waals surface area contributed by atoms with E-state index in [1.807, 2.05) is 24.3 Å². The number of hydrogen-bond acceptors (Lipinski definition) is 4. The highest BCUT2D eigenvalue weighted by molar-refractivity contribution is 6.47. The van der Waals surface area contributed by atoms with Gasteiger partial charge in [0.15, 0.2) is 11.5 Å². The van der Waals surface area contributed by atoms with E-state index in [4.69, 9.17) is 0 Å². The molecule has 0 aliphatic heterocycles. The van der Waals surface area contributed by atoms with E-state index in [9.17, 15) is 9.59 Å². The molecule has 1 aromatic heterocycles. The van der Waals surface area contributed by atoms with Gasteiger partial charge in [-0.25, -0.2) is 0 Å². The number of carbonyl (C=O) groups is 2. The molecule has 86 valence electrons. The number of aromatic nitrogens is 1. The van der Waals surface area contributed by atoms with Gasteiger partial charge in [0.1, 0.15) is 0 Å². The van der Waals surface area contributed by atoms with E-state index in [2.05, 4.69) is 15.0 Å². The van der Waals surface area contributed by atoms with Crippen LogP contribution in [-0.2, 0) is 14.4 Å². The van der Waals surface area contributed by atoms with Gasteiger partial charge in [-0.05, 0) is 6.07 Å². The molecular weight excluding hydrogens is 220 g/mol. The smallest absolute Gasteiger partial charge is 0.323 e. The summed E-state index contributed by atoms with van der Waals surface area (Å²) in [6, 6.07) is 7.49. The predicted octanol–water partition coefficient (Wildman–Crippen LogP) is 1.63. The zero-order valence-corrected chi connectivity index (χ0v) is 9.14. The van der Waals surface area contributed by atoms with Gasteiger partial charge in [0.2, 0.25) is 0 Å². The maximum absolute atomic E-state index is 11.5. The molecule has 0 aliphatic rings. The summed E-state index contributed by atoms with van der Waals surface area (Å²) in [7, 11) is 0. The summed E-state index contributed by atoms with van der Waals surface area (Å²) in [4.78, 5) is 28.9. The van der Waals surface area contributed by atoms with Crippen LogP contribution in [0.3, 0.4) is 0 Å². The van der Waals surface area contributed by atoms with Crippen molar-refractivity contribution in [1.82, 2.24) is 4.98 Å². The molecule has 0 unspecified atom stereocenters. The first-order valence-electron chi connectivity index (χ1n) is 4.99. The summed E-state index contributed by atoms with van der Waals surface area (Å²) < 4.78 is 0. The Morgan fingerprint density at radius 2 is 2.18 bits per heavy atom. The number of carbonyl (C=O) groups excluding carboxylic acids is 2. The lowest BCUT2D eigenvalue weighted by Gasteiger charge is -1.99. The molecule has 0 saturated heterocycles. The second-order valence-electron chi connectivity index (χ2n) is 3.45. The molecule has 0 fully saturated rings. The largest absolute Gasteiger partial charge is 0.360 e. The van der Waals surface area contributed by atoms with Gasteiger partial charge in [-0.3, -0.25) is 9.59 Å². The van der Waals surface area contributed by atoms with Crippen molar-refractivity contribution < 1.29 is 14.4 Å². The van der Waals surface area contributed by atoms with Crippen LogP contribution in [0.5, 0.6) is 0 Å². The van der Waals surface area contributed by atoms with Crippen LogP contribution in [0.1, 0.15) is 12.5 Å². The van der Waals surface area contributed by atoms with Crippen molar-refractivity contribution in [3.05, 3.63) is 36.0 Å². The Morgan fingerprint density at radius 1 is 1.41 bits per heavy atom. The normalized spacial score (nSPS) is 11.5. The van der Waals surface area contributed by atoms with Gasteiger partial charge < -0.3 is 9.82 Å². The van der Waals surface area contributed by atoms with Crippen LogP contribution in [-0.4, -0.2) is 23.0 Å². The molecule has 0 atom stereocenters. The second kappa shape index (κ2) is 4.61. The molecule has 1 N–H and O–H groups in total. The molecule has 2 aromatic rings. The Balaban J connectivity index is 2.56. The summed E-state index contributed by atoms with van der Waals surface area (Å²) in [6.45, 7) is 1.55. The molecule has 5 nitrogen and oxygen atoms in total. The summed E-state index contributed by atoms with van der Waals surface area (Å²) >= 11 is 0. The van der Waals surface area contributed by atoms with Crippen LogP contribution in [0.25, 0.3) is 10.9 Å². The Labute approximate surface area is 97.1 Å². The van der Waals surface area contributed by atoms with Crippen molar-refractivity contribution in [3.8, 4) is 0 Å². The number of benzene rings is 1. The van der Waals surface area contributed by atoms with Gasteiger partial charge in [0.05, 0.1) is 0 Å². The van der Waals surface area contributed by atoms with Crippen LogP contribution in [0.4, 0.5) is 0 Å². The van der Waals surface area contributed by atoms with E-state index in [1.165, 1.54) is 6.92 Å². The fourth-order valence-corrected chi connectivity index (χ4v) is 1.64. The standard InChI is InChI=1S/C12H10N2O3/c1-8(16)12(14-17-7-15)10-6-13-11-5-3-2-4-9(10)11/h2-7,13H,1H3/b14-12-. The fourth-order valence-electron chi connectivity index (χ4n) is 1.64. The van der Waals surface area contributed by atoms with Crippen molar-refractivity contribution in [3.63, 3.8) is 0 Å². The van der Waals surface area contributed by atoms with Crippen LogP contribution >= 0.6 is 0 Å². The highest BCUT2D eigenvalue weighted by atomic mass is 16.7. The minimum atomic E-state index is -0.267. The predicted molar refractivity (Wildman–Crippen MR) is 62.7 cm³/mol. The van der Waals surface area contributed by atoms with Gasteiger partial charge >= 0.3 is 6.47 Å². The Morgan fingerprint density at radius 3 is 2.88 bits per heavy atom. The quantitative estimate of drug-likeness (QED) is 0.375. The van der Waals surface area contributed by atoms with Gasteiger partial charge in [-0.1, -0.05) is 23.4 Å². The topological polar surface area (TPSA) is 71.5 Å². The first kappa shape index (κ1) is 11.1. The van der Waals surface area contributed by atoms with Crippen LogP contribution in [0, 0.1) is 0 Å². The Kier molecular flexibility index (Phi) is 3.00. The Bertz CT molecular complexity index is 599. The Hall–Kier alpha value is -2.43. The van der Waals surface area contributed by atoms with E-state index in [0.29, 0.717) is 5.56 Å². The van der Waals surface area contributed by atoms with E-state index in [1.54, 1.807) is 6.20 Å². The van der Waals surface area contributed by atoms with Crippen LogP contribution in [0.2, 0.25) is 0 Å². The number of aromatic amines is 1. The number of H-pyrrole nitrogens is 1. The first-order valence-corrected chi connectivity index (χ1v) is 4.99. The molecule has 0 radical (unpaired) electrons. The number of para-hydroxylation sites is 1. The average Bonchev–Trinajstić information content (AvgIpc) is 2.73. The molecule has 2 rings (SSSR count). The molecule has 17 heavy (non-hydrogen) atoms. The number of nitrogens with zero attached hydrogens (tertiary/aromatic N) is 1. The van der Waals surface area contributed by atoms with E-state index in [-0.39, 0.29) is 18.0 Å². The number of rotatable bonds is 4. The minimum Gasteiger partial charge on any atom is -0.360 e. The molecule has 0 amide bonds. The molecule has 0 bridgehead atoms. The van der Waals surface area contributed by atoms with Gasteiger partial charge in [-0.2, -0.15) is 0 Å². The molecule has 1 heterocycles. The lowest BCUT2D eigenvalue weighted by Crippen LogP contribution is -2.11. The lowest BCUT2D eigenvalue weighted by atomic mass is 10.1. The van der Waals surface area contributed by atoms with Crippen molar-refractivity contribution in [2.45, 2.75) is 6.92 Å². The monoisotopic (exact) mass is 230 g/mol. The third kappa shape index (κ3) is 2.08. The molecule has 5 heteroatoms. The first-order chi connectivity index (χ1) is 8.24. The molecule has 0 aliphatic carbocycles. The van der Waals surface area contributed by atoms with E-state index < -0.39 is 0 Å². The summed E-state index contributed by atoms with van der Waals surface area (Å²) in [5.41, 5.74) is 1.63. The van der Waals surface area contributed by atoms with Crippen molar-refractivity contribution in [2.24, 2.45) is 5.16 Å². The molecule has 0 spiro atoms. The summed E-state index contributed by atoms with van der Waals surface area (Å²) in [6.07, 6.45) is 1.67. The fraction of sp³-hybridized carbons (Fsp3) is 0.0833. The zero-order valence-electron chi connectivity index (χ0n) is 9.14. The maximum atomic E-state index is 11.5. The van der Waals surface area contributed by atoms with Gasteiger partial charge in [-0.15, -0.1) is 0 Å². The molecule has 1 aromatic carbocycles. The minimum absolute atomic E-state index is 0.120. The SMILES string of the molecule is CC(=O)/C(=N/OC=O)c1c[nH]c2ccccc12. The number of oxime groups is 1. The van der Waals surface area contributed by atoms with Crippen molar-refractivity contribution in [1.29, 1.82) is 0 Å². The zero-order chi connectivity index (χ0) is 12.3. The van der Waals surface area contributed by atoms with Gasteiger partial charge in [0, 0.05) is 29.6 Å². The van der Waals surface area contributed by atoms with Crippen molar-refractivity contribution >= 4 is 28.9 Å². The third-order valence-electron chi connectivity index (χ3n) is 2.36. The summed E-state index contributed by atoms with van der Waals surface area (Å²) in [5.74, 6) is -0.267. The highest BCUT2D eigenvalue weighted by Crippen LogP contribution is 2.18. The molecular formula is C12H10N2O3. The van der Waals surface area contributed by atoms with Crippen molar-refractivity contribution in [2.75, 3.05) is 0 Å². The number of fused-ring (bicyclic) bond motifs is 1. The lowest BCUT2D eigenvalue weighted by molar-refractivity contribution is -0.128.